The van der Waals surface area contributed by atoms with Crippen molar-refractivity contribution in [2.24, 2.45) is 0 Å². The maximum Gasteiger partial charge on any atom is 0.356 e. The first-order valence-corrected chi connectivity index (χ1v) is 4.02. The van der Waals surface area contributed by atoms with Crippen LogP contribution in [0.3, 0.4) is 0 Å². The van der Waals surface area contributed by atoms with E-state index >= 15 is 0 Å². The zero-order valence-corrected chi connectivity index (χ0v) is 7.84. The van der Waals surface area contributed by atoms with Crippen LogP contribution in [-0.4, -0.2) is 34.6 Å². The summed E-state index contributed by atoms with van der Waals surface area (Å²) in [5, 5.41) is 8.59. The molecule has 1 rings (SSSR count). The Balaban J connectivity index is 2.82. The molecule has 0 fully saturated rings. The summed E-state index contributed by atoms with van der Waals surface area (Å²) in [5.41, 5.74) is -0.0549. The second-order valence-corrected chi connectivity index (χ2v) is 2.73. The molecule has 0 aliphatic rings. The third-order valence-electron chi connectivity index (χ3n) is 1.65. The quantitative estimate of drug-likeness (QED) is 0.716. The Kier molecular flexibility index (Phi) is 3.17. The molecule has 0 aromatic carbocycles. The van der Waals surface area contributed by atoms with Gasteiger partial charge in [-0.15, -0.1) is 6.58 Å². The standard InChI is InChI=1S/C9H11N3O2/c1-3-4-12(2)8-6-10-7(5-11-8)9(13)14/h3,5-6H,1,4H2,2H3,(H,13,14). The lowest BCUT2D eigenvalue weighted by Gasteiger charge is -2.14. The Morgan fingerprint density at radius 2 is 2.36 bits per heavy atom. The third kappa shape index (κ3) is 2.29. The van der Waals surface area contributed by atoms with Gasteiger partial charge in [0.25, 0.3) is 0 Å². The smallest absolute Gasteiger partial charge is 0.356 e. The molecular formula is C9H11N3O2. The van der Waals surface area contributed by atoms with Crippen molar-refractivity contribution >= 4 is 11.8 Å². The van der Waals surface area contributed by atoms with Crippen molar-refractivity contribution < 1.29 is 9.90 Å². The molecule has 1 heterocycles. The van der Waals surface area contributed by atoms with E-state index in [1.54, 1.807) is 6.08 Å². The van der Waals surface area contributed by atoms with E-state index in [9.17, 15) is 4.79 Å². The Labute approximate surface area is 81.7 Å². The number of rotatable bonds is 4. The topological polar surface area (TPSA) is 66.3 Å². The number of carboxylic acids is 1. The van der Waals surface area contributed by atoms with Crippen LogP contribution in [0.25, 0.3) is 0 Å². The van der Waals surface area contributed by atoms with Gasteiger partial charge in [0.15, 0.2) is 5.69 Å². The first kappa shape index (κ1) is 10.2. The van der Waals surface area contributed by atoms with Crippen molar-refractivity contribution in [1.82, 2.24) is 9.97 Å². The van der Waals surface area contributed by atoms with Gasteiger partial charge in [0.1, 0.15) is 5.82 Å². The van der Waals surface area contributed by atoms with E-state index in [-0.39, 0.29) is 5.69 Å². The first-order chi connectivity index (χ1) is 6.65. The summed E-state index contributed by atoms with van der Waals surface area (Å²) in [6.45, 7) is 4.23. The van der Waals surface area contributed by atoms with Crippen LogP contribution < -0.4 is 4.90 Å². The number of aromatic nitrogens is 2. The molecule has 0 radical (unpaired) electrons. The minimum Gasteiger partial charge on any atom is -0.476 e. The van der Waals surface area contributed by atoms with Gasteiger partial charge in [0.2, 0.25) is 0 Å². The highest BCUT2D eigenvalue weighted by molar-refractivity contribution is 5.84. The molecule has 0 unspecified atom stereocenters. The number of anilines is 1. The minimum atomic E-state index is -1.07. The number of nitrogens with zero attached hydrogens (tertiary/aromatic N) is 3. The molecule has 0 bridgehead atoms. The summed E-state index contributed by atoms with van der Waals surface area (Å²) >= 11 is 0. The fourth-order valence-corrected chi connectivity index (χ4v) is 0.916. The highest BCUT2D eigenvalue weighted by Gasteiger charge is 2.06. The fourth-order valence-electron chi connectivity index (χ4n) is 0.916. The van der Waals surface area contributed by atoms with E-state index < -0.39 is 5.97 Å². The zero-order chi connectivity index (χ0) is 10.6. The molecule has 1 aromatic heterocycles. The van der Waals surface area contributed by atoms with Crippen molar-refractivity contribution in [1.29, 1.82) is 0 Å². The molecule has 0 atom stereocenters. The van der Waals surface area contributed by atoms with Gasteiger partial charge in [-0.2, -0.15) is 0 Å². The van der Waals surface area contributed by atoms with Gasteiger partial charge >= 0.3 is 5.97 Å². The van der Waals surface area contributed by atoms with Gasteiger partial charge in [-0.25, -0.2) is 14.8 Å². The molecule has 0 spiro atoms. The maximum absolute atomic E-state index is 10.5. The lowest BCUT2D eigenvalue weighted by Crippen LogP contribution is -2.18. The molecular weight excluding hydrogens is 182 g/mol. The van der Waals surface area contributed by atoms with E-state index in [0.717, 1.165) is 0 Å². The molecule has 5 nitrogen and oxygen atoms in total. The lowest BCUT2D eigenvalue weighted by atomic mass is 10.4. The average Bonchev–Trinajstić information content (AvgIpc) is 2.18. The van der Waals surface area contributed by atoms with Crippen LogP contribution in [0.4, 0.5) is 5.82 Å². The highest BCUT2D eigenvalue weighted by atomic mass is 16.4. The second kappa shape index (κ2) is 4.36. The van der Waals surface area contributed by atoms with Gasteiger partial charge in [0, 0.05) is 13.6 Å². The van der Waals surface area contributed by atoms with Crippen LogP contribution in [-0.2, 0) is 0 Å². The zero-order valence-electron chi connectivity index (χ0n) is 7.84. The Bertz CT molecular complexity index is 334. The predicted molar refractivity (Wildman–Crippen MR) is 52.5 cm³/mol. The molecule has 0 saturated carbocycles. The molecule has 14 heavy (non-hydrogen) atoms. The SMILES string of the molecule is C=CCN(C)c1cnc(C(=O)O)cn1. The molecule has 74 valence electrons. The molecule has 5 heteroatoms. The summed E-state index contributed by atoms with van der Waals surface area (Å²) in [7, 11) is 1.83. The monoisotopic (exact) mass is 193 g/mol. The Morgan fingerprint density at radius 3 is 2.79 bits per heavy atom. The van der Waals surface area contributed by atoms with E-state index in [2.05, 4.69) is 16.5 Å². The van der Waals surface area contributed by atoms with Gasteiger partial charge in [-0.05, 0) is 0 Å². The fraction of sp³-hybridized carbons (Fsp3) is 0.222. The minimum absolute atomic E-state index is 0.0549. The molecule has 1 N–H and O–H groups in total. The number of carbonyl (C=O) groups is 1. The van der Waals surface area contributed by atoms with Crippen LogP contribution >= 0.6 is 0 Å². The summed E-state index contributed by atoms with van der Waals surface area (Å²) in [6.07, 6.45) is 4.39. The summed E-state index contributed by atoms with van der Waals surface area (Å²) in [6, 6.07) is 0. The van der Waals surface area contributed by atoms with Crippen molar-refractivity contribution in [2.75, 3.05) is 18.5 Å². The van der Waals surface area contributed by atoms with Crippen LogP contribution in [0.15, 0.2) is 25.0 Å². The van der Waals surface area contributed by atoms with Crippen LogP contribution in [0.1, 0.15) is 10.5 Å². The van der Waals surface area contributed by atoms with Crippen molar-refractivity contribution in [3.8, 4) is 0 Å². The van der Waals surface area contributed by atoms with Crippen LogP contribution in [0.5, 0.6) is 0 Å². The van der Waals surface area contributed by atoms with Gasteiger partial charge < -0.3 is 10.0 Å². The van der Waals surface area contributed by atoms with Gasteiger partial charge in [-0.3, -0.25) is 0 Å². The van der Waals surface area contributed by atoms with E-state index in [0.29, 0.717) is 12.4 Å². The molecule has 0 saturated heterocycles. The largest absolute Gasteiger partial charge is 0.476 e. The molecule has 1 aromatic rings. The number of likely N-dealkylation sites (N-methyl/N-ethyl adjacent to an activating group) is 1. The summed E-state index contributed by atoms with van der Waals surface area (Å²) in [4.78, 5) is 20.0. The second-order valence-electron chi connectivity index (χ2n) is 2.73. The molecule has 0 aliphatic heterocycles. The van der Waals surface area contributed by atoms with Crippen LogP contribution in [0.2, 0.25) is 0 Å². The molecule has 0 aliphatic carbocycles. The number of aromatic carboxylic acids is 1. The third-order valence-corrected chi connectivity index (χ3v) is 1.65. The van der Waals surface area contributed by atoms with E-state index in [1.807, 2.05) is 11.9 Å². The van der Waals surface area contributed by atoms with E-state index in [1.165, 1.54) is 12.4 Å². The van der Waals surface area contributed by atoms with Crippen LogP contribution in [0, 0.1) is 0 Å². The van der Waals surface area contributed by atoms with E-state index in [4.69, 9.17) is 5.11 Å². The number of hydrogen-bond donors (Lipinski definition) is 1. The van der Waals surface area contributed by atoms with Crippen molar-refractivity contribution in [2.45, 2.75) is 0 Å². The summed E-state index contributed by atoms with van der Waals surface area (Å²) < 4.78 is 0. The number of hydrogen-bond acceptors (Lipinski definition) is 4. The van der Waals surface area contributed by atoms with Crippen molar-refractivity contribution in [3.05, 3.63) is 30.7 Å². The number of carboxylic acid groups (broad SMARTS) is 1. The average molecular weight is 193 g/mol. The van der Waals surface area contributed by atoms with Crippen molar-refractivity contribution in [3.63, 3.8) is 0 Å². The normalized spacial score (nSPS) is 9.50. The van der Waals surface area contributed by atoms with Gasteiger partial charge in [-0.1, -0.05) is 6.08 Å². The summed E-state index contributed by atoms with van der Waals surface area (Å²) in [5.74, 6) is -0.453. The lowest BCUT2D eigenvalue weighted by molar-refractivity contribution is 0.0690. The Morgan fingerprint density at radius 1 is 1.64 bits per heavy atom. The van der Waals surface area contributed by atoms with Gasteiger partial charge in [0.05, 0.1) is 12.4 Å². The molecule has 0 amide bonds. The maximum atomic E-state index is 10.5. The Hall–Kier alpha value is -1.91. The predicted octanol–water partition coefficient (Wildman–Crippen LogP) is 0.797. The highest BCUT2D eigenvalue weighted by Crippen LogP contribution is 2.06. The first-order valence-electron chi connectivity index (χ1n) is 4.02.